The van der Waals surface area contributed by atoms with Crippen molar-refractivity contribution < 1.29 is 4.42 Å². The molecule has 0 radical (unpaired) electrons. The molecule has 0 saturated carbocycles. The van der Waals surface area contributed by atoms with E-state index in [2.05, 4.69) is 17.5 Å². The first-order chi connectivity index (χ1) is 8.74. The van der Waals surface area contributed by atoms with Crippen molar-refractivity contribution >= 4 is 6.08 Å². The molecule has 0 spiro atoms. The highest BCUT2D eigenvalue weighted by atomic mass is 16.3. The van der Waals surface area contributed by atoms with Crippen LogP contribution in [0.2, 0.25) is 0 Å². The summed E-state index contributed by atoms with van der Waals surface area (Å²) in [6.45, 7) is 1.83. The molecule has 2 heterocycles. The Morgan fingerprint density at radius 3 is 2.67 bits per heavy atom. The van der Waals surface area contributed by atoms with E-state index in [1.807, 2.05) is 13.0 Å². The van der Waals surface area contributed by atoms with Crippen LogP contribution in [0.15, 0.2) is 51.4 Å². The van der Waals surface area contributed by atoms with Gasteiger partial charge in [0.05, 0.1) is 35.2 Å². The molecule has 0 bridgehead atoms. The van der Waals surface area contributed by atoms with Gasteiger partial charge in [-0.1, -0.05) is 0 Å². The van der Waals surface area contributed by atoms with Crippen LogP contribution in [-0.4, -0.2) is 0 Å². The molecule has 4 nitrogen and oxygen atoms in total. The molecule has 4 heteroatoms. The zero-order chi connectivity index (χ0) is 13.0. The molecular weight excluding hydrogens is 226 g/mol. The number of rotatable bonds is 2. The van der Waals surface area contributed by atoms with E-state index in [0.717, 1.165) is 5.70 Å². The third kappa shape index (κ3) is 2.34. The van der Waals surface area contributed by atoms with Crippen LogP contribution in [0, 0.1) is 22.7 Å². The average molecular weight is 237 g/mol. The topological polar surface area (TPSA) is 72.8 Å². The molecule has 0 unspecified atom stereocenters. The van der Waals surface area contributed by atoms with Crippen LogP contribution in [-0.2, 0) is 0 Å². The fraction of sp³-hybridized carbons (Fsp3) is 0.143. The first kappa shape index (κ1) is 11.8. The number of dihydropyridines is 1. The summed E-state index contributed by atoms with van der Waals surface area (Å²) < 4.78 is 5.18. The minimum atomic E-state index is 0.379. The molecule has 1 aliphatic heterocycles. The molecule has 0 atom stereocenters. The van der Waals surface area contributed by atoms with Gasteiger partial charge in [-0.2, -0.15) is 10.5 Å². The number of hydrogen-bond donors (Lipinski definition) is 1. The largest absolute Gasteiger partial charge is 0.465 e. The second kappa shape index (κ2) is 5.07. The van der Waals surface area contributed by atoms with Crippen molar-refractivity contribution in [2.45, 2.75) is 13.3 Å². The summed E-state index contributed by atoms with van der Waals surface area (Å²) in [6, 6.07) is 7.84. The van der Waals surface area contributed by atoms with Gasteiger partial charge < -0.3 is 9.73 Å². The summed E-state index contributed by atoms with van der Waals surface area (Å²) in [7, 11) is 0. The molecule has 2 rings (SSSR count). The highest BCUT2D eigenvalue weighted by Gasteiger charge is 2.15. The van der Waals surface area contributed by atoms with Crippen LogP contribution in [0.1, 0.15) is 19.1 Å². The first-order valence-electron chi connectivity index (χ1n) is 5.46. The Balaban J connectivity index is 2.25. The van der Waals surface area contributed by atoms with Crippen LogP contribution in [0.5, 0.6) is 0 Å². The Hall–Kier alpha value is -2.72. The Morgan fingerprint density at radius 2 is 2.06 bits per heavy atom. The summed E-state index contributed by atoms with van der Waals surface area (Å²) in [5, 5.41) is 21.1. The maximum Gasteiger partial charge on any atom is 0.126 e. The Bertz CT molecular complexity index is 619. The Labute approximate surface area is 105 Å². The molecule has 0 fully saturated rings. The van der Waals surface area contributed by atoms with Gasteiger partial charge in [-0.05, 0) is 31.2 Å². The second-order valence-corrected chi connectivity index (χ2v) is 3.87. The molecule has 88 valence electrons. The fourth-order valence-corrected chi connectivity index (χ4v) is 1.67. The monoisotopic (exact) mass is 237 g/mol. The first-order valence-corrected chi connectivity index (χ1v) is 5.46. The molecule has 1 aromatic rings. The SMILES string of the molecule is CC1=C(C#N)CC(C#N)=C(/C=C/c2ccco2)N1. The van der Waals surface area contributed by atoms with Gasteiger partial charge in [-0.15, -0.1) is 0 Å². The third-order valence-electron chi connectivity index (χ3n) is 2.68. The van der Waals surface area contributed by atoms with Crippen molar-refractivity contribution in [3.05, 3.63) is 52.8 Å². The van der Waals surface area contributed by atoms with Crippen molar-refractivity contribution in [3.63, 3.8) is 0 Å². The number of hydrogen-bond acceptors (Lipinski definition) is 4. The van der Waals surface area contributed by atoms with Crippen molar-refractivity contribution in [1.29, 1.82) is 10.5 Å². The van der Waals surface area contributed by atoms with E-state index in [1.54, 1.807) is 24.5 Å². The Kier molecular flexibility index (Phi) is 3.31. The normalized spacial score (nSPS) is 15.5. The molecule has 0 saturated heterocycles. The quantitative estimate of drug-likeness (QED) is 0.858. The molecule has 18 heavy (non-hydrogen) atoms. The van der Waals surface area contributed by atoms with Crippen molar-refractivity contribution in [2.75, 3.05) is 0 Å². The van der Waals surface area contributed by atoms with Crippen LogP contribution >= 0.6 is 0 Å². The maximum atomic E-state index is 9.08. The number of nitriles is 2. The number of furan rings is 1. The van der Waals surface area contributed by atoms with E-state index in [0.29, 0.717) is 29.0 Å². The van der Waals surface area contributed by atoms with E-state index < -0.39 is 0 Å². The number of nitrogens with one attached hydrogen (secondary N) is 1. The standard InChI is InChI=1S/C14H11N3O/c1-10-11(8-15)7-12(9-16)14(17-10)5-4-13-3-2-6-18-13/h2-6,17H,7H2,1H3/b5-4+. The zero-order valence-corrected chi connectivity index (χ0v) is 9.90. The predicted molar refractivity (Wildman–Crippen MR) is 66.4 cm³/mol. The summed E-state index contributed by atoms with van der Waals surface area (Å²) in [6.07, 6.45) is 5.54. The molecule has 1 aliphatic rings. The van der Waals surface area contributed by atoms with Crippen molar-refractivity contribution in [3.8, 4) is 12.1 Å². The lowest BCUT2D eigenvalue weighted by molar-refractivity contribution is 0.557. The van der Waals surface area contributed by atoms with Crippen LogP contribution < -0.4 is 5.32 Å². The van der Waals surface area contributed by atoms with Crippen LogP contribution in [0.3, 0.4) is 0 Å². The van der Waals surface area contributed by atoms with E-state index >= 15 is 0 Å². The lowest BCUT2D eigenvalue weighted by Gasteiger charge is -2.17. The van der Waals surface area contributed by atoms with E-state index in [-0.39, 0.29) is 0 Å². The highest BCUT2D eigenvalue weighted by molar-refractivity contribution is 5.54. The van der Waals surface area contributed by atoms with Gasteiger partial charge in [0.1, 0.15) is 5.76 Å². The van der Waals surface area contributed by atoms with E-state index in [4.69, 9.17) is 14.9 Å². The predicted octanol–water partition coefficient (Wildman–Crippen LogP) is 2.86. The number of nitrogens with zero attached hydrogens (tertiary/aromatic N) is 2. The minimum absolute atomic E-state index is 0.379. The van der Waals surface area contributed by atoms with Gasteiger partial charge in [0, 0.05) is 12.1 Å². The third-order valence-corrected chi connectivity index (χ3v) is 2.68. The lowest BCUT2D eigenvalue weighted by Crippen LogP contribution is -2.18. The van der Waals surface area contributed by atoms with Gasteiger partial charge in [0.15, 0.2) is 0 Å². The number of allylic oxidation sites excluding steroid dienone is 4. The molecule has 0 amide bonds. The molecule has 0 aromatic carbocycles. The van der Waals surface area contributed by atoms with Crippen LogP contribution in [0.4, 0.5) is 0 Å². The average Bonchev–Trinajstić information content (AvgIpc) is 2.89. The van der Waals surface area contributed by atoms with Gasteiger partial charge in [-0.3, -0.25) is 0 Å². The van der Waals surface area contributed by atoms with Gasteiger partial charge in [0.25, 0.3) is 0 Å². The minimum Gasteiger partial charge on any atom is -0.465 e. The van der Waals surface area contributed by atoms with Gasteiger partial charge in [0.2, 0.25) is 0 Å². The summed E-state index contributed by atoms with van der Waals surface area (Å²) >= 11 is 0. The van der Waals surface area contributed by atoms with Crippen molar-refractivity contribution in [1.82, 2.24) is 5.32 Å². The summed E-state index contributed by atoms with van der Waals surface area (Å²) in [4.78, 5) is 0. The Morgan fingerprint density at radius 1 is 1.28 bits per heavy atom. The highest BCUT2D eigenvalue weighted by Crippen LogP contribution is 2.22. The molecule has 0 aliphatic carbocycles. The molecule has 1 aromatic heterocycles. The zero-order valence-electron chi connectivity index (χ0n) is 9.90. The lowest BCUT2D eigenvalue weighted by atomic mass is 9.99. The molecule has 1 N–H and O–H groups in total. The fourth-order valence-electron chi connectivity index (χ4n) is 1.67. The van der Waals surface area contributed by atoms with Gasteiger partial charge in [-0.25, -0.2) is 0 Å². The van der Waals surface area contributed by atoms with E-state index in [1.165, 1.54) is 0 Å². The van der Waals surface area contributed by atoms with E-state index in [9.17, 15) is 0 Å². The summed E-state index contributed by atoms with van der Waals surface area (Å²) in [5.41, 5.74) is 2.66. The maximum absolute atomic E-state index is 9.08. The summed E-state index contributed by atoms with van der Waals surface area (Å²) in [5.74, 6) is 0.717. The van der Waals surface area contributed by atoms with Gasteiger partial charge >= 0.3 is 0 Å². The second-order valence-electron chi connectivity index (χ2n) is 3.87. The molecular formula is C14H11N3O. The van der Waals surface area contributed by atoms with Crippen LogP contribution in [0.25, 0.3) is 6.08 Å². The smallest absolute Gasteiger partial charge is 0.126 e. The van der Waals surface area contributed by atoms with Crippen molar-refractivity contribution in [2.24, 2.45) is 0 Å².